The van der Waals surface area contributed by atoms with Gasteiger partial charge in [-0.1, -0.05) is 19.3 Å². The number of nitrogens with zero attached hydrogens (tertiary/aromatic N) is 4. The van der Waals surface area contributed by atoms with Crippen LogP contribution in [-0.4, -0.2) is 25.0 Å². The predicted octanol–water partition coefficient (Wildman–Crippen LogP) is 3.37. The second kappa shape index (κ2) is 6.89. The largest absolute Gasteiger partial charge is 0.322 e. The Hall–Kier alpha value is -2.85. The van der Waals surface area contributed by atoms with Crippen LogP contribution in [0.2, 0.25) is 0 Å². The van der Waals surface area contributed by atoms with E-state index in [9.17, 15) is 8.60 Å². The van der Waals surface area contributed by atoms with Crippen molar-refractivity contribution in [2.45, 2.75) is 42.5 Å². The number of rotatable bonds is 3. The Morgan fingerprint density at radius 1 is 1.24 bits per heavy atom. The van der Waals surface area contributed by atoms with Gasteiger partial charge in [-0.05, 0) is 37.1 Å². The second-order valence-corrected chi connectivity index (χ2v) is 8.50. The number of anilines is 3. The molecule has 1 aromatic carbocycles. The fourth-order valence-corrected chi connectivity index (χ4v) is 4.64. The van der Waals surface area contributed by atoms with Crippen LogP contribution in [0.15, 0.2) is 40.5 Å². The highest BCUT2D eigenvalue weighted by Gasteiger charge is 2.37. The number of hydrogen-bond donors (Lipinski definition) is 3. The van der Waals surface area contributed by atoms with E-state index in [0.29, 0.717) is 0 Å². The Balaban J connectivity index is 1.55. The highest BCUT2D eigenvalue weighted by molar-refractivity contribution is 7.82. The van der Waals surface area contributed by atoms with Gasteiger partial charge in [0.25, 0.3) is 0 Å². The maximum Gasteiger partial charge on any atom is 0.229 e. The molecule has 1 unspecified atom stereocenters. The summed E-state index contributed by atoms with van der Waals surface area (Å²) in [5.41, 5.74) is 3.84. The molecular formula is C19H20FN7OS. The average molecular weight is 413 g/mol. The van der Waals surface area contributed by atoms with E-state index in [0.717, 1.165) is 48.6 Å². The maximum absolute atomic E-state index is 14.4. The van der Waals surface area contributed by atoms with Crippen molar-refractivity contribution in [3.8, 4) is 0 Å². The van der Waals surface area contributed by atoms with E-state index < -0.39 is 16.8 Å². The van der Waals surface area contributed by atoms with Crippen LogP contribution in [0.1, 0.15) is 32.1 Å². The molecule has 1 fully saturated rings. The fraction of sp³-hybridized carbons (Fsp3) is 0.316. The van der Waals surface area contributed by atoms with Gasteiger partial charge >= 0.3 is 0 Å². The summed E-state index contributed by atoms with van der Waals surface area (Å²) in [4.78, 5) is 9.22. The molecule has 3 heterocycles. The van der Waals surface area contributed by atoms with Gasteiger partial charge in [0.2, 0.25) is 5.95 Å². The van der Waals surface area contributed by atoms with Gasteiger partial charge in [0, 0.05) is 11.6 Å². The van der Waals surface area contributed by atoms with E-state index in [1.165, 1.54) is 18.6 Å². The van der Waals surface area contributed by atoms with Crippen molar-refractivity contribution < 1.29 is 8.60 Å². The molecule has 8 nitrogen and oxygen atoms in total. The Bertz CT molecular complexity index is 1150. The minimum Gasteiger partial charge on any atom is -0.322 e. The smallest absolute Gasteiger partial charge is 0.229 e. The van der Waals surface area contributed by atoms with Crippen LogP contribution >= 0.6 is 0 Å². The van der Waals surface area contributed by atoms with Gasteiger partial charge in [-0.25, -0.2) is 18.7 Å². The first-order chi connectivity index (χ1) is 14.1. The van der Waals surface area contributed by atoms with E-state index in [1.807, 2.05) is 12.3 Å². The number of hydrazone groups is 1. The molecule has 150 valence electrons. The maximum atomic E-state index is 14.4. The van der Waals surface area contributed by atoms with E-state index in [-0.39, 0.29) is 22.1 Å². The Kier molecular flexibility index (Phi) is 4.32. The zero-order chi connectivity index (χ0) is 20.0. The third-order valence-corrected chi connectivity index (χ3v) is 6.33. The van der Waals surface area contributed by atoms with Gasteiger partial charge in [0.15, 0.2) is 0 Å². The molecule has 1 aliphatic heterocycles. The summed E-state index contributed by atoms with van der Waals surface area (Å²) < 4.78 is 27.9. The van der Waals surface area contributed by atoms with Gasteiger partial charge in [0.1, 0.15) is 28.3 Å². The summed E-state index contributed by atoms with van der Waals surface area (Å²) in [6.07, 6.45) is 9.22. The lowest BCUT2D eigenvalue weighted by Crippen LogP contribution is -2.40. The average Bonchev–Trinajstić information content (AvgIpc) is 3.09. The zero-order valence-corrected chi connectivity index (χ0v) is 16.4. The van der Waals surface area contributed by atoms with Crippen molar-refractivity contribution in [1.29, 1.82) is 0 Å². The molecule has 1 spiro atoms. The van der Waals surface area contributed by atoms with Crippen molar-refractivity contribution >= 4 is 45.7 Å². The van der Waals surface area contributed by atoms with Crippen LogP contribution in [-0.2, 0) is 16.5 Å². The van der Waals surface area contributed by atoms with Gasteiger partial charge < -0.3 is 5.32 Å². The lowest BCUT2D eigenvalue weighted by Gasteiger charge is -2.38. The molecule has 1 saturated carbocycles. The summed E-state index contributed by atoms with van der Waals surface area (Å²) >= 11 is 0. The molecule has 2 aromatic heterocycles. The topological polar surface area (TPSA) is 110 Å². The van der Waals surface area contributed by atoms with Crippen LogP contribution in [0.25, 0.3) is 11.0 Å². The summed E-state index contributed by atoms with van der Waals surface area (Å²) in [5.74, 6) is 0.601. The van der Waals surface area contributed by atoms with E-state index in [2.05, 4.69) is 30.4 Å². The molecule has 0 amide bonds. The molecule has 0 radical (unpaired) electrons. The lowest BCUT2D eigenvalue weighted by atomic mass is 9.82. The monoisotopic (exact) mass is 413 g/mol. The number of nitrogens with two attached hydrogens (primary N) is 1. The highest BCUT2D eigenvalue weighted by Crippen LogP contribution is 2.41. The number of benzene rings is 1. The Morgan fingerprint density at radius 2 is 2.07 bits per heavy atom. The van der Waals surface area contributed by atoms with Crippen LogP contribution < -0.4 is 15.9 Å². The molecule has 5 rings (SSSR count). The summed E-state index contributed by atoms with van der Waals surface area (Å²) in [6.45, 7) is 0. The standard InChI is InChI=1S/C19H20FN7OS/c20-14-9-13(29(21)28)4-5-15(14)24-18-22-10-12-8-16-26-23-11-19(6-2-1-3-7-19)27(16)17(12)25-18/h4-5,8-11,26H,1-3,6-7,21H2,(H,22,24,25). The van der Waals surface area contributed by atoms with Gasteiger partial charge in [0.05, 0.1) is 22.3 Å². The second-order valence-electron chi connectivity index (χ2n) is 7.44. The minimum atomic E-state index is -1.74. The third kappa shape index (κ3) is 3.08. The van der Waals surface area contributed by atoms with E-state index >= 15 is 0 Å². The Labute approximate surface area is 169 Å². The number of hydrogen-bond acceptors (Lipinski definition) is 6. The molecule has 0 bridgehead atoms. The molecule has 0 saturated heterocycles. The predicted molar refractivity (Wildman–Crippen MR) is 111 cm³/mol. The van der Waals surface area contributed by atoms with Crippen molar-refractivity contribution in [2.24, 2.45) is 10.2 Å². The number of fused-ring (bicyclic) bond motifs is 4. The van der Waals surface area contributed by atoms with E-state index in [1.54, 1.807) is 6.20 Å². The van der Waals surface area contributed by atoms with Crippen molar-refractivity contribution in [1.82, 2.24) is 14.5 Å². The zero-order valence-electron chi connectivity index (χ0n) is 15.6. The van der Waals surface area contributed by atoms with Gasteiger partial charge in [-0.3, -0.25) is 9.99 Å². The van der Waals surface area contributed by atoms with Gasteiger partial charge in [-0.15, -0.1) is 0 Å². The number of halogens is 1. The molecule has 3 aromatic rings. The lowest BCUT2D eigenvalue weighted by molar-refractivity contribution is 0.293. The summed E-state index contributed by atoms with van der Waals surface area (Å²) in [5, 5.41) is 13.5. The summed E-state index contributed by atoms with van der Waals surface area (Å²) in [6, 6.07) is 6.12. The quantitative estimate of drug-likeness (QED) is 0.610. The fourth-order valence-electron chi connectivity index (χ4n) is 4.22. The number of nitrogens with one attached hydrogen (secondary N) is 2. The first-order valence-electron chi connectivity index (χ1n) is 9.48. The van der Waals surface area contributed by atoms with Crippen LogP contribution in [0.4, 0.5) is 21.8 Å². The van der Waals surface area contributed by atoms with Crippen LogP contribution in [0.5, 0.6) is 0 Å². The van der Waals surface area contributed by atoms with Gasteiger partial charge in [-0.2, -0.15) is 10.1 Å². The van der Waals surface area contributed by atoms with Crippen molar-refractivity contribution in [2.75, 3.05) is 10.7 Å². The third-order valence-electron chi connectivity index (χ3n) is 5.61. The molecular weight excluding hydrogens is 393 g/mol. The molecule has 29 heavy (non-hydrogen) atoms. The minimum absolute atomic E-state index is 0.190. The first-order valence-corrected chi connectivity index (χ1v) is 10.7. The first kappa shape index (κ1) is 18.2. The van der Waals surface area contributed by atoms with Crippen molar-refractivity contribution in [3.63, 3.8) is 0 Å². The SMILES string of the molecule is NS(=O)c1ccc(Nc2ncc3cc4n(c3n2)C2(C=NN4)CCCCC2)c(F)c1. The molecule has 2 aliphatic rings. The van der Waals surface area contributed by atoms with Crippen molar-refractivity contribution in [3.05, 3.63) is 36.3 Å². The normalized spacial score (nSPS) is 18.4. The van der Waals surface area contributed by atoms with E-state index in [4.69, 9.17) is 5.14 Å². The molecule has 10 heteroatoms. The molecule has 1 aliphatic carbocycles. The van der Waals surface area contributed by atoms with Crippen LogP contribution in [0.3, 0.4) is 0 Å². The summed E-state index contributed by atoms with van der Waals surface area (Å²) in [7, 11) is -1.74. The van der Waals surface area contributed by atoms with Crippen LogP contribution in [0, 0.1) is 5.82 Å². The molecule has 4 N–H and O–H groups in total. The number of aromatic nitrogens is 3. The Morgan fingerprint density at radius 3 is 2.83 bits per heavy atom. The highest BCUT2D eigenvalue weighted by atomic mass is 32.2. The molecule has 1 atom stereocenters.